The molecule has 0 amide bonds. The Labute approximate surface area is 146 Å². The Kier molecular flexibility index (Phi) is 10.3. The van der Waals surface area contributed by atoms with Crippen molar-refractivity contribution >= 4 is 24.8 Å². The summed E-state index contributed by atoms with van der Waals surface area (Å²) in [6.07, 6.45) is 2.18. The van der Waals surface area contributed by atoms with Crippen molar-refractivity contribution in [1.82, 2.24) is 10.2 Å². The second-order valence-corrected chi connectivity index (χ2v) is 6.30. The molecule has 1 fully saturated rings. The summed E-state index contributed by atoms with van der Waals surface area (Å²) in [6, 6.07) is 5.73. The Balaban J connectivity index is 0.00000220. The van der Waals surface area contributed by atoms with E-state index in [1.807, 2.05) is 19.1 Å². The number of rotatable bonds is 5. The van der Waals surface area contributed by atoms with Gasteiger partial charge in [0.25, 0.3) is 0 Å². The van der Waals surface area contributed by atoms with E-state index in [4.69, 9.17) is 0 Å². The van der Waals surface area contributed by atoms with Crippen LogP contribution in [0.3, 0.4) is 0 Å². The van der Waals surface area contributed by atoms with Gasteiger partial charge in [0, 0.05) is 37.8 Å². The van der Waals surface area contributed by atoms with Gasteiger partial charge in [0.15, 0.2) is 0 Å². The zero-order chi connectivity index (χ0) is 14.5. The summed E-state index contributed by atoms with van der Waals surface area (Å²) < 4.78 is 14.3. The van der Waals surface area contributed by atoms with Gasteiger partial charge in [-0.25, -0.2) is 4.39 Å². The predicted molar refractivity (Wildman–Crippen MR) is 96.9 cm³/mol. The fourth-order valence-corrected chi connectivity index (χ4v) is 2.94. The Bertz CT molecular complexity index is 435. The Morgan fingerprint density at radius 3 is 2.36 bits per heavy atom. The lowest BCUT2D eigenvalue weighted by Gasteiger charge is -2.36. The van der Waals surface area contributed by atoms with Crippen molar-refractivity contribution in [2.24, 2.45) is 5.92 Å². The van der Waals surface area contributed by atoms with Crippen LogP contribution in [0, 0.1) is 18.7 Å². The summed E-state index contributed by atoms with van der Waals surface area (Å²) >= 11 is 0. The molecule has 128 valence electrons. The van der Waals surface area contributed by atoms with Gasteiger partial charge in [-0.3, -0.25) is 4.90 Å². The fourth-order valence-electron chi connectivity index (χ4n) is 2.94. The Morgan fingerprint density at radius 2 is 1.77 bits per heavy atom. The third-order valence-electron chi connectivity index (χ3n) is 4.12. The van der Waals surface area contributed by atoms with E-state index in [1.54, 1.807) is 6.07 Å². The average molecular weight is 351 g/mol. The summed E-state index contributed by atoms with van der Waals surface area (Å²) in [5.74, 6) is 0.608. The fraction of sp³-hybridized carbons (Fsp3) is 0.647. The highest BCUT2D eigenvalue weighted by Crippen LogP contribution is 2.30. The van der Waals surface area contributed by atoms with Crippen molar-refractivity contribution in [3.63, 3.8) is 0 Å². The first-order valence-corrected chi connectivity index (χ1v) is 7.78. The van der Waals surface area contributed by atoms with Crippen LogP contribution < -0.4 is 5.32 Å². The first kappa shape index (κ1) is 21.6. The van der Waals surface area contributed by atoms with Crippen LogP contribution in [0.15, 0.2) is 18.2 Å². The van der Waals surface area contributed by atoms with Gasteiger partial charge >= 0.3 is 0 Å². The van der Waals surface area contributed by atoms with Gasteiger partial charge in [-0.1, -0.05) is 31.5 Å². The summed E-state index contributed by atoms with van der Waals surface area (Å²) in [6.45, 7) is 10.5. The molecule has 2 nitrogen and oxygen atoms in total. The topological polar surface area (TPSA) is 15.3 Å². The van der Waals surface area contributed by atoms with Gasteiger partial charge < -0.3 is 5.32 Å². The minimum atomic E-state index is -0.0529. The highest BCUT2D eigenvalue weighted by molar-refractivity contribution is 5.85. The summed E-state index contributed by atoms with van der Waals surface area (Å²) in [4.78, 5) is 2.44. The Morgan fingerprint density at radius 1 is 1.14 bits per heavy atom. The molecule has 0 unspecified atom stereocenters. The minimum Gasteiger partial charge on any atom is -0.314 e. The molecule has 1 atom stereocenters. The van der Waals surface area contributed by atoms with Crippen LogP contribution in [-0.2, 0) is 0 Å². The number of hydrogen-bond donors (Lipinski definition) is 1. The molecule has 5 heteroatoms. The van der Waals surface area contributed by atoms with Crippen LogP contribution in [0.4, 0.5) is 4.39 Å². The van der Waals surface area contributed by atoms with Gasteiger partial charge in [-0.05, 0) is 31.7 Å². The van der Waals surface area contributed by atoms with E-state index >= 15 is 0 Å². The number of hydrogen-bond acceptors (Lipinski definition) is 2. The number of halogens is 3. The van der Waals surface area contributed by atoms with E-state index in [2.05, 4.69) is 24.1 Å². The minimum absolute atomic E-state index is 0. The molecule has 0 radical (unpaired) electrons. The highest BCUT2D eigenvalue weighted by Gasteiger charge is 2.24. The first-order chi connectivity index (χ1) is 9.58. The van der Waals surface area contributed by atoms with Crippen molar-refractivity contribution in [2.75, 3.05) is 26.2 Å². The number of benzene rings is 1. The van der Waals surface area contributed by atoms with Crippen LogP contribution in [0.25, 0.3) is 0 Å². The Hall–Kier alpha value is -0.350. The third-order valence-corrected chi connectivity index (χ3v) is 4.12. The normalized spacial score (nSPS) is 16.8. The van der Waals surface area contributed by atoms with Crippen molar-refractivity contribution < 1.29 is 4.39 Å². The maximum atomic E-state index is 14.3. The molecule has 0 saturated carbocycles. The van der Waals surface area contributed by atoms with Crippen LogP contribution in [0.5, 0.6) is 0 Å². The predicted octanol–water partition coefficient (Wildman–Crippen LogP) is 4.36. The standard InChI is InChI=1S/C17H27FN2.2ClH/c1-13(2)4-7-17(20-10-8-19-9-11-20)15-12-14(3)5-6-16(15)18;;/h5-6,12-13,17,19H,4,7-11H2,1-3H3;2*1H/t17-;;/m1../s1. The van der Waals surface area contributed by atoms with E-state index in [-0.39, 0.29) is 36.7 Å². The quantitative estimate of drug-likeness (QED) is 0.848. The molecule has 0 bridgehead atoms. The zero-order valence-corrected chi connectivity index (χ0v) is 15.4. The van der Waals surface area contributed by atoms with Gasteiger partial charge in [0.1, 0.15) is 5.82 Å². The molecule has 22 heavy (non-hydrogen) atoms. The van der Waals surface area contributed by atoms with E-state index in [0.717, 1.165) is 50.1 Å². The summed E-state index contributed by atoms with van der Waals surface area (Å²) in [5, 5.41) is 3.38. The van der Waals surface area contributed by atoms with Crippen molar-refractivity contribution in [3.05, 3.63) is 35.1 Å². The monoisotopic (exact) mass is 350 g/mol. The number of aryl methyl sites for hydroxylation is 1. The van der Waals surface area contributed by atoms with Gasteiger partial charge in [-0.15, -0.1) is 24.8 Å². The maximum Gasteiger partial charge on any atom is 0.128 e. The van der Waals surface area contributed by atoms with Crippen LogP contribution in [0.2, 0.25) is 0 Å². The molecular formula is C17H29Cl2FN2. The second-order valence-electron chi connectivity index (χ2n) is 6.30. The van der Waals surface area contributed by atoms with Gasteiger partial charge in [0.05, 0.1) is 0 Å². The molecule has 1 aliphatic heterocycles. The smallest absolute Gasteiger partial charge is 0.128 e. The van der Waals surface area contributed by atoms with Crippen molar-refractivity contribution in [2.45, 2.75) is 39.7 Å². The zero-order valence-electron chi connectivity index (χ0n) is 13.8. The second kappa shape index (κ2) is 10.4. The lowest BCUT2D eigenvalue weighted by Crippen LogP contribution is -2.45. The molecule has 0 spiro atoms. The first-order valence-electron chi connectivity index (χ1n) is 7.78. The molecule has 2 rings (SSSR count). The van der Waals surface area contributed by atoms with E-state index < -0.39 is 0 Å². The number of nitrogens with zero attached hydrogens (tertiary/aromatic N) is 1. The molecule has 1 aromatic carbocycles. The van der Waals surface area contributed by atoms with E-state index in [0.29, 0.717) is 5.92 Å². The summed E-state index contributed by atoms with van der Waals surface area (Å²) in [5.41, 5.74) is 2.03. The molecule has 1 N–H and O–H groups in total. The van der Waals surface area contributed by atoms with Crippen LogP contribution in [-0.4, -0.2) is 31.1 Å². The number of piperazine rings is 1. The molecule has 1 aliphatic rings. The van der Waals surface area contributed by atoms with Gasteiger partial charge in [0.2, 0.25) is 0 Å². The van der Waals surface area contributed by atoms with Crippen LogP contribution >= 0.6 is 24.8 Å². The molecular weight excluding hydrogens is 322 g/mol. The van der Waals surface area contributed by atoms with Crippen molar-refractivity contribution in [1.29, 1.82) is 0 Å². The lowest BCUT2D eigenvalue weighted by atomic mass is 9.94. The maximum absolute atomic E-state index is 14.3. The van der Waals surface area contributed by atoms with Crippen LogP contribution in [0.1, 0.15) is 43.9 Å². The molecule has 0 aromatic heterocycles. The lowest BCUT2D eigenvalue weighted by molar-refractivity contribution is 0.156. The van der Waals surface area contributed by atoms with E-state index in [1.165, 1.54) is 0 Å². The molecule has 1 aromatic rings. The highest BCUT2D eigenvalue weighted by atomic mass is 35.5. The number of nitrogens with one attached hydrogen (secondary N) is 1. The molecule has 1 heterocycles. The molecule has 1 saturated heterocycles. The third kappa shape index (κ3) is 6.04. The van der Waals surface area contributed by atoms with E-state index in [9.17, 15) is 4.39 Å². The van der Waals surface area contributed by atoms with Gasteiger partial charge in [-0.2, -0.15) is 0 Å². The van der Waals surface area contributed by atoms with Crippen molar-refractivity contribution in [3.8, 4) is 0 Å². The molecule has 0 aliphatic carbocycles. The SMILES string of the molecule is Cc1ccc(F)c([C@@H](CCC(C)C)N2CCNCC2)c1.Cl.Cl. The summed E-state index contributed by atoms with van der Waals surface area (Å²) in [7, 11) is 0. The average Bonchev–Trinajstić information content (AvgIpc) is 2.43. The largest absolute Gasteiger partial charge is 0.314 e.